The first kappa shape index (κ1) is 24.7. The first-order chi connectivity index (χ1) is 16.5. The summed E-state index contributed by atoms with van der Waals surface area (Å²) in [6.07, 6.45) is 1.61. The van der Waals surface area contributed by atoms with Gasteiger partial charge in [-0.25, -0.2) is 9.18 Å². The van der Waals surface area contributed by atoms with Crippen LogP contribution < -0.4 is 5.56 Å². The van der Waals surface area contributed by atoms with Crippen LogP contribution in [0.4, 0.5) is 9.18 Å². The molecule has 1 aliphatic rings. The smallest absolute Gasteiger partial charge is 0.411 e. The third-order valence-electron chi connectivity index (χ3n) is 6.65. The molecule has 2 heterocycles. The van der Waals surface area contributed by atoms with Gasteiger partial charge in [-0.1, -0.05) is 42.5 Å². The van der Waals surface area contributed by atoms with Crippen LogP contribution in [-0.4, -0.2) is 32.8 Å². The second kappa shape index (κ2) is 9.30. The van der Waals surface area contributed by atoms with Crippen LogP contribution in [0.2, 0.25) is 0 Å². The van der Waals surface area contributed by atoms with E-state index < -0.39 is 23.1 Å². The highest BCUT2D eigenvalue weighted by Crippen LogP contribution is 2.43. The number of aryl methyl sites for hydroxylation is 1. The number of amides is 1. The number of aromatic nitrogens is 1. The summed E-state index contributed by atoms with van der Waals surface area (Å²) < 4.78 is 22.2. The van der Waals surface area contributed by atoms with Crippen LogP contribution >= 0.6 is 0 Å². The lowest BCUT2D eigenvalue weighted by Crippen LogP contribution is -2.51. The van der Waals surface area contributed by atoms with E-state index in [4.69, 9.17) is 4.74 Å². The fourth-order valence-corrected chi connectivity index (χ4v) is 4.82. The fraction of sp³-hybridized carbons (Fsp3) is 0.357. The van der Waals surface area contributed by atoms with Crippen molar-refractivity contribution in [3.05, 3.63) is 94.2 Å². The molecule has 0 saturated carbocycles. The van der Waals surface area contributed by atoms with E-state index in [-0.39, 0.29) is 23.6 Å². The van der Waals surface area contributed by atoms with Gasteiger partial charge in [-0.15, -0.1) is 0 Å². The second-order valence-corrected chi connectivity index (χ2v) is 9.94. The Balaban J connectivity index is 1.56. The van der Waals surface area contributed by atoms with Crippen LogP contribution in [0.1, 0.15) is 50.8 Å². The van der Waals surface area contributed by atoms with Crippen molar-refractivity contribution in [3.63, 3.8) is 0 Å². The number of nitrogens with zero attached hydrogens (tertiary/aromatic N) is 2. The molecule has 184 valence electrons. The molecule has 4 rings (SSSR count). The van der Waals surface area contributed by atoms with Gasteiger partial charge < -0.3 is 19.3 Å². The number of ether oxygens (including phenoxy) is 1. The molecule has 1 aromatic heterocycles. The highest BCUT2D eigenvalue weighted by molar-refractivity contribution is 5.70. The van der Waals surface area contributed by atoms with E-state index in [1.807, 2.05) is 37.3 Å². The normalized spacial score (nSPS) is 19.4. The quantitative estimate of drug-likeness (QED) is 0.532. The Hall–Kier alpha value is -3.45. The molecule has 2 aromatic carbocycles. The van der Waals surface area contributed by atoms with E-state index in [1.165, 1.54) is 10.6 Å². The fourth-order valence-electron chi connectivity index (χ4n) is 4.82. The predicted molar refractivity (Wildman–Crippen MR) is 132 cm³/mol. The number of pyridine rings is 1. The molecule has 1 N–H and O–H groups in total. The number of hydrogen-bond donors (Lipinski definition) is 1. The van der Waals surface area contributed by atoms with E-state index in [0.717, 1.165) is 16.7 Å². The molecule has 0 spiro atoms. The molecule has 1 amide bonds. The van der Waals surface area contributed by atoms with Crippen LogP contribution in [-0.2, 0) is 17.4 Å². The number of benzene rings is 2. The van der Waals surface area contributed by atoms with Crippen molar-refractivity contribution in [1.29, 1.82) is 0 Å². The van der Waals surface area contributed by atoms with Gasteiger partial charge in [-0.2, -0.15) is 0 Å². The molecule has 1 aliphatic heterocycles. The number of carbonyl (C=O) groups excluding carboxylic acids is 1. The molecular weight excluding hydrogens is 447 g/mol. The molecule has 1 unspecified atom stereocenters. The molecule has 3 aromatic rings. The number of hydrogen-bond acceptors (Lipinski definition) is 4. The third-order valence-corrected chi connectivity index (χ3v) is 6.65. The molecule has 7 heteroatoms. The van der Waals surface area contributed by atoms with E-state index in [1.54, 1.807) is 56.3 Å². The van der Waals surface area contributed by atoms with Crippen molar-refractivity contribution in [2.24, 2.45) is 7.05 Å². The molecule has 0 bridgehead atoms. The minimum atomic E-state index is -1.25. The summed E-state index contributed by atoms with van der Waals surface area (Å²) in [4.78, 5) is 26.8. The van der Waals surface area contributed by atoms with Gasteiger partial charge >= 0.3 is 6.09 Å². The average Bonchev–Trinajstić information content (AvgIpc) is 2.80. The van der Waals surface area contributed by atoms with Crippen molar-refractivity contribution in [3.8, 4) is 11.1 Å². The summed E-state index contributed by atoms with van der Waals surface area (Å²) in [5, 5.41) is 10.5. The zero-order valence-electron chi connectivity index (χ0n) is 20.5. The zero-order chi connectivity index (χ0) is 25.4. The van der Waals surface area contributed by atoms with Crippen LogP contribution in [0, 0.1) is 5.82 Å². The lowest BCUT2D eigenvalue weighted by Gasteiger charge is -2.45. The Labute approximate surface area is 204 Å². The SMILES string of the molecule is C[C@@H](c1ccc(-c2ccn(C)c(=O)c2)cc1)N1CCC(CC(C)(C)O)(c2ccccc2F)OC1=O. The molecule has 0 radical (unpaired) electrons. The van der Waals surface area contributed by atoms with Gasteiger partial charge in [0.1, 0.15) is 11.4 Å². The predicted octanol–water partition coefficient (Wildman–Crippen LogP) is 5.15. The number of halogens is 1. The third kappa shape index (κ3) is 5.15. The minimum Gasteiger partial charge on any atom is -0.438 e. The lowest BCUT2D eigenvalue weighted by molar-refractivity contribution is -0.102. The Morgan fingerprint density at radius 2 is 1.77 bits per heavy atom. The van der Waals surface area contributed by atoms with Crippen molar-refractivity contribution in [1.82, 2.24) is 9.47 Å². The highest BCUT2D eigenvalue weighted by atomic mass is 19.1. The van der Waals surface area contributed by atoms with Gasteiger partial charge in [0.2, 0.25) is 0 Å². The zero-order valence-corrected chi connectivity index (χ0v) is 20.5. The lowest BCUT2D eigenvalue weighted by atomic mass is 9.79. The van der Waals surface area contributed by atoms with Crippen LogP contribution in [0.25, 0.3) is 11.1 Å². The maximum atomic E-state index is 14.8. The first-order valence-electron chi connectivity index (χ1n) is 11.7. The molecule has 2 atom stereocenters. The maximum Gasteiger partial charge on any atom is 0.411 e. The summed E-state index contributed by atoms with van der Waals surface area (Å²) in [7, 11) is 1.71. The standard InChI is InChI=1S/C28H31FN2O4/c1-19(20-9-11-21(12-10-20)22-13-15-30(4)25(32)17-22)31-16-14-28(35-26(31)33,18-27(2,3)34)23-7-5-6-8-24(23)29/h5-13,15,17,19,34H,14,16,18H2,1-4H3/t19-,28?/m0/s1. The van der Waals surface area contributed by atoms with Gasteiger partial charge in [0.15, 0.2) is 0 Å². The van der Waals surface area contributed by atoms with Gasteiger partial charge in [-0.05, 0) is 49.6 Å². The molecule has 1 saturated heterocycles. The summed E-state index contributed by atoms with van der Waals surface area (Å²) in [5.41, 5.74) is 0.428. The average molecular weight is 479 g/mol. The van der Waals surface area contributed by atoms with Crippen LogP contribution in [0.15, 0.2) is 71.7 Å². The van der Waals surface area contributed by atoms with Crippen LogP contribution in [0.5, 0.6) is 0 Å². The van der Waals surface area contributed by atoms with E-state index in [2.05, 4.69) is 0 Å². The van der Waals surface area contributed by atoms with Gasteiger partial charge in [0.25, 0.3) is 5.56 Å². The van der Waals surface area contributed by atoms with E-state index >= 15 is 0 Å². The van der Waals surface area contributed by atoms with Gasteiger partial charge in [-0.3, -0.25) is 4.79 Å². The van der Waals surface area contributed by atoms with E-state index in [0.29, 0.717) is 13.0 Å². The van der Waals surface area contributed by atoms with Crippen molar-refractivity contribution < 1.29 is 19.0 Å². The van der Waals surface area contributed by atoms with Crippen LogP contribution in [0.3, 0.4) is 0 Å². The Morgan fingerprint density at radius 1 is 1.09 bits per heavy atom. The van der Waals surface area contributed by atoms with Crippen molar-refractivity contribution >= 4 is 6.09 Å². The second-order valence-electron chi connectivity index (χ2n) is 9.94. The van der Waals surface area contributed by atoms with Crippen molar-refractivity contribution in [2.75, 3.05) is 6.54 Å². The summed E-state index contributed by atoms with van der Waals surface area (Å²) in [6, 6.07) is 17.2. The minimum absolute atomic E-state index is 0.0830. The highest BCUT2D eigenvalue weighted by Gasteiger charge is 2.47. The molecule has 35 heavy (non-hydrogen) atoms. The first-order valence-corrected chi connectivity index (χ1v) is 11.7. The molecule has 0 aliphatic carbocycles. The number of carbonyl (C=O) groups is 1. The Kier molecular flexibility index (Phi) is 6.56. The van der Waals surface area contributed by atoms with Gasteiger partial charge in [0.05, 0.1) is 11.6 Å². The summed E-state index contributed by atoms with van der Waals surface area (Å²) in [5.74, 6) is -0.461. The maximum absolute atomic E-state index is 14.8. The monoisotopic (exact) mass is 478 g/mol. The summed E-state index contributed by atoms with van der Waals surface area (Å²) in [6.45, 7) is 5.52. The molecular formula is C28H31FN2O4. The number of rotatable bonds is 6. The molecule has 6 nitrogen and oxygen atoms in total. The Bertz CT molecular complexity index is 1280. The topological polar surface area (TPSA) is 71.8 Å². The number of aliphatic hydroxyl groups is 1. The van der Waals surface area contributed by atoms with Gasteiger partial charge in [0, 0.05) is 44.3 Å². The van der Waals surface area contributed by atoms with Crippen molar-refractivity contribution in [2.45, 2.75) is 50.9 Å². The van der Waals surface area contributed by atoms with E-state index in [9.17, 15) is 19.1 Å². The summed E-state index contributed by atoms with van der Waals surface area (Å²) >= 11 is 0. The molecule has 1 fully saturated rings. The number of cyclic esters (lactones) is 1. The Morgan fingerprint density at radius 3 is 2.37 bits per heavy atom. The largest absolute Gasteiger partial charge is 0.438 e.